The third-order valence-corrected chi connectivity index (χ3v) is 3.59. The highest BCUT2D eigenvalue weighted by molar-refractivity contribution is 6.37. The van der Waals surface area contributed by atoms with Gasteiger partial charge in [-0.3, -0.25) is 0 Å². The number of anilines is 1. The molecule has 1 aromatic heterocycles. The van der Waals surface area contributed by atoms with E-state index in [-0.39, 0.29) is 0 Å². The van der Waals surface area contributed by atoms with Crippen molar-refractivity contribution in [2.45, 2.75) is 6.92 Å². The van der Waals surface area contributed by atoms with Gasteiger partial charge >= 0.3 is 0 Å². The molecule has 0 spiro atoms. The van der Waals surface area contributed by atoms with E-state index in [1.165, 1.54) is 0 Å². The normalized spacial score (nSPS) is 11.9. The molecule has 106 valence electrons. The third kappa shape index (κ3) is 3.01. The molecule has 0 radical (unpaired) electrons. The summed E-state index contributed by atoms with van der Waals surface area (Å²) in [5, 5.41) is 5.46. The highest BCUT2D eigenvalue weighted by Gasteiger charge is 2.05. The highest BCUT2D eigenvalue weighted by atomic mass is 35.5. The van der Waals surface area contributed by atoms with Crippen molar-refractivity contribution >= 4 is 45.9 Å². The molecule has 0 aliphatic carbocycles. The fourth-order valence-corrected chi connectivity index (χ4v) is 2.53. The van der Waals surface area contributed by atoms with Gasteiger partial charge in [0.2, 0.25) is 5.95 Å². The smallest absolute Gasteiger partial charge is 0.222 e. The van der Waals surface area contributed by atoms with Crippen molar-refractivity contribution in [3.63, 3.8) is 0 Å². The topological polar surface area (TPSA) is 53.1 Å². The number of hydrogen-bond donors (Lipinski definition) is 2. The summed E-state index contributed by atoms with van der Waals surface area (Å²) in [5.41, 5.74) is 6.32. The molecule has 6 heteroatoms. The molecule has 0 bridgehead atoms. The lowest BCUT2D eigenvalue weighted by molar-refractivity contribution is 1.20. The molecule has 1 heterocycles. The third-order valence-electron chi connectivity index (χ3n) is 3.04. The first-order valence-corrected chi connectivity index (χ1v) is 7.09. The van der Waals surface area contributed by atoms with E-state index in [2.05, 4.69) is 20.5 Å². The zero-order valence-electron chi connectivity index (χ0n) is 11.2. The maximum absolute atomic E-state index is 6.15. The van der Waals surface area contributed by atoms with Crippen LogP contribution in [-0.2, 0) is 0 Å². The number of rotatable bonds is 3. The molecule has 0 saturated carbocycles. The predicted octanol–water partition coefficient (Wildman–Crippen LogP) is 4.71. The summed E-state index contributed by atoms with van der Waals surface area (Å²) in [4.78, 5) is 7.53. The highest BCUT2D eigenvalue weighted by Crippen LogP contribution is 2.21. The molecule has 0 amide bonds. The first-order valence-electron chi connectivity index (χ1n) is 6.34. The number of nitrogens with zero attached hydrogens (tertiary/aromatic N) is 2. The van der Waals surface area contributed by atoms with E-state index < -0.39 is 0 Å². The molecule has 4 nitrogen and oxygen atoms in total. The Balaban J connectivity index is 1.84. The van der Waals surface area contributed by atoms with E-state index in [1.54, 1.807) is 12.1 Å². The number of nitrogens with one attached hydrogen (secondary N) is 2. The van der Waals surface area contributed by atoms with Crippen molar-refractivity contribution in [2.24, 2.45) is 5.10 Å². The SMILES string of the molecule is C/C(=N/Nc1nc2ccccc2[nH]1)c1ccc(Cl)cc1Cl. The van der Waals surface area contributed by atoms with Gasteiger partial charge in [-0.25, -0.2) is 10.4 Å². The van der Waals surface area contributed by atoms with E-state index in [4.69, 9.17) is 23.2 Å². The Morgan fingerprint density at radius 3 is 2.76 bits per heavy atom. The van der Waals surface area contributed by atoms with E-state index in [0.717, 1.165) is 22.3 Å². The molecule has 0 atom stereocenters. The summed E-state index contributed by atoms with van der Waals surface area (Å²) < 4.78 is 0. The van der Waals surface area contributed by atoms with E-state index in [0.29, 0.717) is 16.0 Å². The monoisotopic (exact) mass is 318 g/mol. The van der Waals surface area contributed by atoms with Crippen LogP contribution in [0.5, 0.6) is 0 Å². The number of H-pyrrole nitrogens is 1. The molecule has 2 aromatic carbocycles. The Kier molecular flexibility index (Phi) is 3.82. The molecule has 0 unspecified atom stereocenters. The molecular formula is C15H12Cl2N4. The number of halogens is 2. The van der Waals surface area contributed by atoms with Gasteiger partial charge in [-0.05, 0) is 31.2 Å². The molecule has 0 fully saturated rings. The standard InChI is InChI=1S/C15H12Cl2N4/c1-9(11-7-6-10(16)8-12(11)17)20-21-15-18-13-4-2-3-5-14(13)19-15/h2-8H,1H3,(H2,18,19,21)/b20-9-. The van der Waals surface area contributed by atoms with Crippen LogP contribution in [0, 0.1) is 0 Å². The van der Waals surface area contributed by atoms with Crippen LogP contribution in [0.4, 0.5) is 5.95 Å². The lowest BCUT2D eigenvalue weighted by atomic mass is 10.1. The minimum Gasteiger partial charge on any atom is -0.323 e. The van der Waals surface area contributed by atoms with Gasteiger partial charge in [-0.1, -0.05) is 41.4 Å². The summed E-state index contributed by atoms with van der Waals surface area (Å²) >= 11 is 12.0. The number of aromatic amines is 1. The number of para-hydroxylation sites is 2. The van der Waals surface area contributed by atoms with Crippen molar-refractivity contribution < 1.29 is 0 Å². The summed E-state index contributed by atoms with van der Waals surface area (Å²) in [5.74, 6) is 0.584. The molecule has 3 aromatic rings. The quantitative estimate of drug-likeness (QED) is 0.543. The number of hydrazone groups is 1. The fraction of sp³-hybridized carbons (Fsp3) is 0.0667. The van der Waals surface area contributed by atoms with Crippen LogP contribution < -0.4 is 5.43 Å². The minimum atomic E-state index is 0.565. The van der Waals surface area contributed by atoms with Crippen molar-refractivity contribution in [1.29, 1.82) is 0 Å². The van der Waals surface area contributed by atoms with E-state index in [9.17, 15) is 0 Å². The number of hydrogen-bond acceptors (Lipinski definition) is 3. The number of benzene rings is 2. The van der Waals surface area contributed by atoms with Gasteiger partial charge in [0.25, 0.3) is 0 Å². The lowest BCUT2D eigenvalue weighted by Gasteiger charge is -2.04. The molecule has 0 saturated heterocycles. The first kappa shape index (κ1) is 13.9. The molecular weight excluding hydrogens is 307 g/mol. The second-order valence-corrected chi connectivity index (χ2v) is 5.38. The van der Waals surface area contributed by atoms with Crippen molar-refractivity contribution in [3.8, 4) is 0 Å². The summed E-state index contributed by atoms with van der Waals surface area (Å²) in [6.07, 6.45) is 0. The fourth-order valence-electron chi connectivity index (χ4n) is 1.99. The zero-order valence-corrected chi connectivity index (χ0v) is 12.7. The maximum atomic E-state index is 6.15. The van der Waals surface area contributed by atoms with Crippen molar-refractivity contribution in [2.75, 3.05) is 5.43 Å². The molecule has 0 aliphatic heterocycles. The van der Waals surface area contributed by atoms with Gasteiger partial charge in [0.15, 0.2) is 0 Å². The molecule has 3 rings (SSSR count). The van der Waals surface area contributed by atoms with Crippen LogP contribution >= 0.6 is 23.2 Å². The molecule has 0 aliphatic rings. The van der Waals surface area contributed by atoms with E-state index in [1.807, 2.05) is 37.3 Å². The van der Waals surface area contributed by atoms with Crippen LogP contribution in [-0.4, -0.2) is 15.7 Å². The Morgan fingerprint density at radius 1 is 1.19 bits per heavy atom. The predicted molar refractivity (Wildman–Crippen MR) is 88.4 cm³/mol. The molecule has 21 heavy (non-hydrogen) atoms. The second-order valence-electron chi connectivity index (χ2n) is 4.54. The summed E-state index contributed by atoms with van der Waals surface area (Å²) in [6, 6.07) is 13.1. The van der Waals surface area contributed by atoms with Crippen LogP contribution in [0.3, 0.4) is 0 Å². The Morgan fingerprint density at radius 2 is 2.00 bits per heavy atom. The van der Waals surface area contributed by atoms with Gasteiger partial charge < -0.3 is 4.98 Å². The average Bonchev–Trinajstić information content (AvgIpc) is 2.87. The van der Waals surface area contributed by atoms with Gasteiger partial charge in [0.05, 0.1) is 21.8 Å². The summed E-state index contributed by atoms with van der Waals surface area (Å²) in [7, 11) is 0. The number of aromatic nitrogens is 2. The van der Waals surface area contributed by atoms with Gasteiger partial charge in [0.1, 0.15) is 0 Å². The molecule has 2 N–H and O–H groups in total. The maximum Gasteiger partial charge on any atom is 0.222 e. The van der Waals surface area contributed by atoms with Gasteiger partial charge in [-0.15, -0.1) is 0 Å². The van der Waals surface area contributed by atoms with Crippen LogP contribution in [0.25, 0.3) is 11.0 Å². The Labute approximate surface area is 131 Å². The summed E-state index contributed by atoms with van der Waals surface area (Å²) in [6.45, 7) is 1.87. The van der Waals surface area contributed by atoms with Crippen molar-refractivity contribution in [1.82, 2.24) is 9.97 Å². The van der Waals surface area contributed by atoms with Crippen LogP contribution in [0.2, 0.25) is 10.0 Å². The van der Waals surface area contributed by atoms with E-state index >= 15 is 0 Å². The number of fused-ring (bicyclic) bond motifs is 1. The van der Waals surface area contributed by atoms with Crippen LogP contribution in [0.1, 0.15) is 12.5 Å². The van der Waals surface area contributed by atoms with Gasteiger partial charge in [-0.2, -0.15) is 5.10 Å². The largest absolute Gasteiger partial charge is 0.323 e. The Hall–Kier alpha value is -2.04. The first-order chi connectivity index (χ1) is 10.1. The minimum absolute atomic E-state index is 0.565. The van der Waals surface area contributed by atoms with Gasteiger partial charge in [0, 0.05) is 10.6 Å². The van der Waals surface area contributed by atoms with Crippen molar-refractivity contribution in [3.05, 3.63) is 58.1 Å². The lowest BCUT2D eigenvalue weighted by Crippen LogP contribution is -2.01. The second kappa shape index (κ2) is 5.76. The van der Waals surface area contributed by atoms with Crippen LogP contribution in [0.15, 0.2) is 47.6 Å². The zero-order chi connectivity index (χ0) is 14.8. The Bertz CT molecular complexity index is 790. The average molecular weight is 319 g/mol. The number of imidazole rings is 1.